The highest BCUT2D eigenvalue weighted by atomic mass is 16.1. The molecule has 0 radical (unpaired) electrons. The molecule has 1 aliphatic heterocycles. The number of para-hydroxylation sites is 1. The Morgan fingerprint density at radius 2 is 2.12 bits per heavy atom. The summed E-state index contributed by atoms with van der Waals surface area (Å²) >= 11 is 0. The van der Waals surface area contributed by atoms with Crippen LogP contribution in [0.1, 0.15) is 21.9 Å². The smallest absolute Gasteiger partial charge is 0.276 e. The minimum absolute atomic E-state index is 0.178. The minimum Gasteiger partial charge on any atom is -0.347 e. The van der Waals surface area contributed by atoms with Gasteiger partial charge < -0.3 is 10.3 Å². The molecule has 0 unspecified atom stereocenters. The van der Waals surface area contributed by atoms with Gasteiger partial charge in [0.25, 0.3) is 5.91 Å². The minimum atomic E-state index is -0.178. The van der Waals surface area contributed by atoms with Crippen molar-refractivity contribution in [3.63, 3.8) is 0 Å². The fourth-order valence-electron chi connectivity index (χ4n) is 2.90. The fraction of sp³-hybridized carbons (Fsp3) is 0.235. The molecule has 3 aromatic rings. The quantitative estimate of drug-likeness (QED) is 0.768. The van der Waals surface area contributed by atoms with Gasteiger partial charge in [0.2, 0.25) is 0 Å². The van der Waals surface area contributed by atoms with Crippen molar-refractivity contribution in [2.75, 3.05) is 11.9 Å². The molecule has 7 nitrogen and oxygen atoms in total. The highest BCUT2D eigenvalue weighted by Crippen LogP contribution is 2.16. The number of H-pyrrole nitrogens is 1. The van der Waals surface area contributed by atoms with Crippen LogP contribution in [0.15, 0.2) is 48.9 Å². The standard InChI is InChI=1S/C17H18N6O/c24-17(20-13-4-2-1-3-5-13)16-8-15-11-22(6-7-23(15)21-16)10-14-9-18-12-19-14/h1-5,8-9,12H,6-7,10-11H2,(H,18,19)(H,20,24). The zero-order chi connectivity index (χ0) is 16.4. The summed E-state index contributed by atoms with van der Waals surface area (Å²) in [7, 11) is 0. The van der Waals surface area contributed by atoms with E-state index in [2.05, 4.69) is 25.3 Å². The number of hydrogen-bond acceptors (Lipinski definition) is 4. The molecule has 7 heteroatoms. The van der Waals surface area contributed by atoms with Gasteiger partial charge in [-0.15, -0.1) is 0 Å². The van der Waals surface area contributed by atoms with Gasteiger partial charge >= 0.3 is 0 Å². The van der Waals surface area contributed by atoms with Gasteiger partial charge in [-0.25, -0.2) is 4.98 Å². The first-order chi connectivity index (χ1) is 11.8. The van der Waals surface area contributed by atoms with E-state index < -0.39 is 0 Å². The number of rotatable bonds is 4. The first-order valence-electron chi connectivity index (χ1n) is 7.91. The van der Waals surface area contributed by atoms with Crippen LogP contribution in [0.5, 0.6) is 0 Å². The van der Waals surface area contributed by atoms with Gasteiger partial charge in [0.05, 0.1) is 18.6 Å². The van der Waals surface area contributed by atoms with E-state index in [1.165, 1.54) is 0 Å². The summed E-state index contributed by atoms with van der Waals surface area (Å²) in [5.41, 5.74) is 3.37. The molecule has 0 fully saturated rings. The molecule has 0 saturated carbocycles. The number of carbonyl (C=O) groups is 1. The molecule has 122 valence electrons. The van der Waals surface area contributed by atoms with E-state index in [4.69, 9.17) is 0 Å². The summed E-state index contributed by atoms with van der Waals surface area (Å²) in [5.74, 6) is -0.178. The number of nitrogens with zero attached hydrogens (tertiary/aromatic N) is 4. The number of fused-ring (bicyclic) bond motifs is 1. The Kier molecular flexibility index (Phi) is 3.84. The van der Waals surface area contributed by atoms with E-state index in [1.54, 1.807) is 6.33 Å². The molecule has 4 rings (SSSR count). The molecule has 1 aliphatic rings. The van der Waals surface area contributed by atoms with Crippen LogP contribution < -0.4 is 5.32 Å². The van der Waals surface area contributed by atoms with Gasteiger partial charge in [-0.1, -0.05) is 18.2 Å². The maximum atomic E-state index is 12.4. The molecule has 24 heavy (non-hydrogen) atoms. The second-order valence-corrected chi connectivity index (χ2v) is 5.85. The monoisotopic (exact) mass is 322 g/mol. The highest BCUT2D eigenvalue weighted by Gasteiger charge is 2.21. The Balaban J connectivity index is 1.45. The maximum Gasteiger partial charge on any atom is 0.276 e. The van der Waals surface area contributed by atoms with Crippen molar-refractivity contribution in [3.8, 4) is 0 Å². The van der Waals surface area contributed by atoms with E-state index >= 15 is 0 Å². The van der Waals surface area contributed by atoms with Crippen LogP contribution in [0.2, 0.25) is 0 Å². The Morgan fingerprint density at radius 1 is 1.25 bits per heavy atom. The topological polar surface area (TPSA) is 78.8 Å². The maximum absolute atomic E-state index is 12.4. The van der Waals surface area contributed by atoms with Crippen molar-refractivity contribution >= 4 is 11.6 Å². The Labute approximate surface area is 139 Å². The number of hydrogen-bond donors (Lipinski definition) is 2. The summed E-state index contributed by atoms with van der Waals surface area (Å²) in [6, 6.07) is 11.3. The van der Waals surface area contributed by atoms with Crippen LogP contribution in [-0.4, -0.2) is 37.1 Å². The fourth-order valence-corrected chi connectivity index (χ4v) is 2.90. The van der Waals surface area contributed by atoms with Gasteiger partial charge in [0, 0.05) is 37.2 Å². The molecular formula is C17H18N6O. The second-order valence-electron chi connectivity index (χ2n) is 5.85. The lowest BCUT2D eigenvalue weighted by molar-refractivity contribution is 0.102. The number of amides is 1. The third-order valence-corrected chi connectivity index (χ3v) is 4.09. The Hall–Kier alpha value is -2.93. The van der Waals surface area contributed by atoms with Gasteiger partial charge in [0.15, 0.2) is 5.69 Å². The summed E-state index contributed by atoms with van der Waals surface area (Å²) in [6.45, 7) is 3.26. The average molecular weight is 322 g/mol. The molecule has 0 bridgehead atoms. The summed E-state index contributed by atoms with van der Waals surface area (Å²) in [6.07, 6.45) is 3.53. The predicted molar refractivity (Wildman–Crippen MR) is 89.3 cm³/mol. The molecule has 2 aromatic heterocycles. The lowest BCUT2D eigenvalue weighted by atomic mass is 10.2. The van der Waals surface area contributed by atoms with Crippen LogP contribution in [0, 0.1) is 0 Å². The van der Waals surface area contributed by atoms with Gasteiger partial charge in [-0.3, -0.25) is 14.4 Å². The van der Waals surface area contributed by atoms with E-state index in [0.29, 0.717) is 5.69 Å². The van der Waals surface area contributed by atoms with Crippen molar-refractivity contribution in [1.82, 2.24) is 24.6 Å². The van der Waals surface area contributed by atoms with Crippen LogP contribution in [0.4, 0.5) is 5.69 Å². The van der Waals surface area contributed by atoms with Crippen LogP contribution in [-0.2, 0) is 19.6 Å². The molecular weight excluding hydrogens is 304 g/mol. The molecule has 0 spiro atoms. The summed E-state index contributed by atoms with van der Waals surface area (Å²) in [5, 5.41) is 7.31. The zero-order valence-electron chi connectivity index (χ0n) is 13.1. The molecule has 1 amide bonds. The third kappa shape index (κ3) is 3.07. The van der Waals surface area contributed by atoms with Crippen molar-refractivity contribution in [3.05, 3.63) is 66.0 Å². The van der Waals surface area contributed by atoms with E-state index in [0.717, 1.165) is 43.3 Å². The van der Waals surface area contributed by atoms with Crippen molar-refractivity contribution in [1.29, 1.82) is 0 Å². The van der Waals surface area contributed by atoms with E-state index in [1.807, 2.05) is 47.3 Å². The van der Waals surface area contributed by atoms with Crippen LogP contribution in [0.25, 0.3) is 0 Å². The van der Waals surface area contributed by atoms with Gasteiger partial charge in [-0.2, -0.15) is 5.10 Å². The molecule has 1 aromatic carbocycles. The number of nitrogens with one attached hydrogen (secondary N) is 2. The Morgan fingerprint density at radius 3 is 2.92 bits per heavy atom. The van der Waals surface area contributed by atoms with Crippen molar-refractivity contribution < 1.29 is 4.79 Å². The number of imidazole rings is 1. The lowest BCUT2D eigenvalue weighted by Gasteiger charge is -2.26. The number of carbonyl (C=O) groups excluding carboxylic acids is 1. The van der Waals surface area contributed by atoms with Crippen molar-refractivity contribution in [2.45, 2.75) is 19.6 Å². The first kappa shape index (κ1) is 14.6. The molecule has 0 saturated heterocycles. The third-order valence-electron chi connectivity index (χ3n) is 4.09. The highest BCUT2D eigenvalue weighted by molar-refractivity contribution is 6.02. The largest absolute Gasteiger partial charge is 0.347 e. The van der Waals surface area contributed by atoms with Gasteiger partial charge in [0.1, 0.15) is 0 Å². The molecule has 0 aliphatic carbocycles. The Bertz CT molecular complexity index is 824. The normalized spacial score (nSPS) is 14.3. The van der Waals surface area contributed by atoms with Crippen LogP contribution >= 0.6 is 0 Å². The predicted octanol–water partition coefficient (Wildman–Crippen LogP) is 1.87. The lowest BCUT2D eigenvalue weighted by Crippen LogP contribution is -2.33. The average Bonchev–Trinajstić information content (AvgIpc) is 3.25. The van der Waals surface area contributed by atoms with Gasteiger partial charge in [-0.05, 0) is 18.2 Å². The van der Waals surface area contributed by atoms with Crippen molar-refractivity contribution in [2.24, 2.45) is 0 Å². The number of anilines is 1. The van der Waals surface area contributed by atoms with Crippen LogP contribution in [0.3, 0.4) is 0 Å². The zero-order valence-corrected chi connectivity index (χ0v) is 13.1. The number of aromatic nitrogens is 4. The SMILES string of the molecule is O=C(Nc1ccccc1)c1cc2n(n1)CCN(Cc1cnc[nH]1)C2. The number of benzene rings is 1. The summed E-state index contributed by atoms with van der Waals surface area (Å²) in [4.78, 5) is 21.8. The van der Waals surface area contributed by atoms with E-state index in [9.17, 15) is 4.79 Å². The molecule has 2 N–H and O–H groups in total. The van der Waals surface area contributed by atoms with E-state index in [-0.39, 0.29) is 5.91 Å². The molecule has 3 heterocycles. The number of aromatic amines is 1. The second kappa shape index (κ2) is 6.29. The first-order valence-corrected chi connectivity index (χ1v) is 7.91. The summed E-state index contributed by atoms with van der Waals surface area (Å²) < 4.78 is 1.92. The molecule has 0 atom stereocenters.